The van der Waals surface area contributed by atoms with Gasteiger partial charge in [-0.15, -0.1) is 12.4 Å². The van der Waals surface area contributed by atoms with Crippen molar-refractivity contribution in [3.05, 3.63) is 0 Å². The first-order valence-corrected chi connectivity index (χ1v) is 11.7. The molecule has 0 aromatic heterocycles. The Labute approximate surface area is 165 Å². The Hall–Kier alpha value is -0.370. The number of rotatable bonds is 9. The predicted octanol–water partition coefficient (Wildman–Crippen LogP) is 2.43. The maximum Gasteiger partial charge on any atom is 0.238 e. The van der Waals surface area contributed by atoms with Gasteiger partial charge in [-0.3, -0.25) is 4.79 Å². The summed E-state index contributed by atoms with van der Waals surface area (Å²) >= 11 is 0. The molecule has 1 saturated heterocycles. The van der Waals surface area contributed by atoms with Crippen LogP contribution in [0.3, 0.4) is 0 Å². The molecule has 1 atom stereocenters. The fourth-order valence-corrected chi connectivity index (χ4v) is 5.73. The summed E-state index contributed by atoms with van der Waals surface area (Å²) < 4.78 is 26.2. The van der Waals surface area contributed by atoms with Gasteiger partial charge >= 0.3 is 0 Å². The molecule has 26 heavy (non-hydrogen) atoms. The van der Waals surface area contributed by atoms with E-state index in [9.17, 15) is 13.2 Å². The van der Waals surface area contributed by atoms with Gasteiger partial charge in [-0.05, 0) is 32.1 Å². The lowest BCUT2D eigenvalue weighted by Gasteiger charge is -2.23. The second kappa shape index (κ2) is 12.2. The van der Waals surface area contributed by atoms with Crippen LogP contribution in [-0.2, 0) is 14.8 Å². The van der Waals surface area contributed by atoms with E-state index in [1.807, 2.05) is 6.92 Å². The second-order valence-corrected chi connectivity index (χ2v) is 9.41. The number of sulfonamides is 1. The minimum Gasteiger partial charge on any atom is -0.353 e. The average molecular weight is 410 g/mol. The van der Waals surface area contributed by atoms with Gasteiger partial charge in [0.05, 0.1) is 5.75 Å². The molecule has 0 bridgehead atoms. The van der Waals surface area contributed by atoms with E-state index in [2.05, 4.69) is 10.6 Å². The van der Waals surface area contributed by atoms with Gasteiger partial charge in [0.1, 0.15) is 6.04 Å². The molecule has 1 unspecified atom stereocenters. The van der Waals surface area contributed by atoms with E-state index in [-0.39, 0.29) is 24.1 Å². The van der Waals surface area contributed by atoms with Crippen LogP contribution in [0.5, 0.6) is 0 Å². The maximum atomic E-state index is 12.4. The summed E-state index contributed by atoms with van der Waals surface area (Å²) in [5, 5.41) is 6.46. The lowest BCUT2D eigenvalue weighted by molar-refractivity contribution is -0.124. The SMILES string of the molecule is CCCCS(=O)(=O)N1CCCC1C(=O)NCCNC1CCCCCC1.Cl. The monoisotopic (exact) mass is 409 g/mol. The molecule has 2 fully saturated rings. The highest BCUT2D eigenvalue weighted by molar-refractivity contribution is 7.89. The Balaban J connectivity index is 0.00000338. The topological polar surface area (TPSA) is 78.5 Å². The number of carbonyl (C=O) groups excluding carboxylic acids is 1. The first kappa shape index (κ1) is 23.7. The summed E-state index contributed by atoms with van der Waals surface area (Å²) in [5.74, 6) is 0.0107. The van der Waals surface area contributed by atoms with Crippen LogP contribution in [0.2, 0.25) is 0 Å². The van der Waals surface area contributed by atoms with Gasteiger partial charge in [-0.25, -0.2) is 8.42 Å². The van der Waals surface area contributed by atoms with Gasteiger partial charge in [0.25, 0.3) is 0 Å². The first-order valence-electron chi connectivity index (χ1n) is 10.0. The summed E-state index contributed by atoms with van der Waals surface area (Å²) in [6.45, 7) is 3.77. The van der Waals surface area contributed by atoms with Crippen molar-refractivity contribution in [3.8, 4) is 0 Å². The maximum absolute atomic E-state index is 12.4. The third-order valence-corrected chi connectivity index (χ3v) is 7.29. The van der Waals surface area contributed by atoms with Gasteiger partial charge in [0.15, 0.2) is 0 Å². The number of unbranched alkanes of at least 4 members (excludes halogenated alkanes) is 1. The third kappa shape index (κ3) is 7.33. The normalized spacial score (nSPS) is 22.6. The smallest absolute Gasteiger partial charge is 0.238 e. The summed E-state index contributed by atoms with van der Waals surface area (Å²) in [4.78, 5) is 12.4. The molecule has 1 aliphatic carbocycles. The number of hydrogen-bond donors (Lipinski definition) is 2. The zero-order chi connectivity index (χ0) is 18.1. The first-order chi connectivity index (χ1) is 12.0. The third-order valence-electron chi connectivity index (χ3n) is 5.33. The molecule has 1 aliphatic heterocycles. The van der Waals surface area contributed by atoms with Gasteiger partial charge in [0.2, 0.25) is 15.9 Å². The van der Waals surface area contributed by atoms with Crippen molar-refractivity contribution in [1.82, 2.24) is 14.9 Å². The number of carbonyl (C=O) groups is 1. The molecule has 0 radical (unpaired) electrons. The Morgan fingerprint density at radius 3 is 2.38 bits per heavy atom. The van der Waals surface area contributed by atoms with Crippen molar-refractivity contribution < 1.29 is 13.2 Å². The summed E-state index contributed by atoms with van der Waals surface area (Å²) in [5.41, 5.74) is 0. The van der Waals surface area contributed by atoms with Crippen LogP contribution >= 0.6 is 12.4 Å². The van der Waals surface area contributed by atoms with Crippen LogP contribution in [0.4, 0.5) is 0 Å². The average Bonchev–Trinajstić information content (AvgIpc) is 2.96. The van der Waals surface area contributed by atoms with E-state index < -0.39 is 16.1 Å². The molecular formula is C18H36ClN3O3S. The zero-order valence-corrected chi connectivity index (χ0v) is 17.7. The van der Waals surface area contributed by atoms with Crippen molar-refractivity contribution in [3.63, 3.8) is 0 Å². The van der Waals surface area contributed by atoms with E-state index in [0.717, 1.165) is 19.4 Å². The summed E-state index contributed by atoms with van der Waals surface area (Å²) in [6, 6.07) is 0.0524. The minimum absolute atomic E-state index is 0. The lowest BCUT2D eigenvalue weighted by Crippen LogP contribution is -2.48. The van der Waals surface area contributed by atoms with Crippen LogP contribution in [0.25, 0.3) is 0 Å². The number of nitrogens with one attached hydrogen (secondary N) is 2. The Kier molecular flexibility index (Phi) is 11.1. The molecule has 8 heteroatoms. The van der Waals surface area contributed by atoms with Crippen molar-refractivity contribution in [2.24, 2.45) is 0 Å². The minimum atomic E-state index is -3.31. The summed E-state index contributed by atoms with van der Waals surface area (Å²) in [7, 11) is -3.31. The highest BCUT2D eigenvalue weighted by Crippen LogP contribution is 2.22. The molecular weight excluding hydrogens is 374 g/mol. The van der Waals surface area contributed by atoms with Crippen molar-refractivity contribution >= 4 is 28.3 Å². The largest absolute Gasteiger partial charge is 0.353 e. The van der Waals surface area contributed by atoms with E-state index in [0.29, 0.717) is 32.0 Å². The van der Waals surface area contributed by atoms with Crippen LogP contribution in [0.15, 0.2) is 0 Å². The van der Waals surface area contributed by atoms with Crippen molar-refractivity contribution in [2.45, 2.75) is 83.2 Å². The lowest BCUT2D eigenvalue weighted by atomic mass is 10.1. The quantitative estimate of drug-likeness (QED) is 0.452. The Morgan fingerprint density at radius 1 is 1.04 bits per heavy atom. The standard InChI is InChI=1S/C18H35N3O3S.ClH/c1-2-3-15-25(23,24)21-14-8-11-17(21)18(22)20-13-12-19-16-9-6-4-5-7-10-16;/h16-17,19H,2-15H2,1H3,(H,20,22);1H. The number of halogens is 1. The zero-order valence-electron chi connectivity index (χ0n) is 16.0. The van der Waals surface area contributed by atoms with Crippen LogP contribution in [0.1, 0.15) is 71.1 Å². The molecule has 0 aromatic rings. The van der Waals surface area contributed by atoms with Gasteiger partial charge in [-0.1, -0.05) is 39.0 Å². The molecule has 2 N–H and O–H groups in total. The molecule has 0 aromatic carbocycles. The summed E-state index contributed by atoms with van der Waals surface area (Å²) in [6.07, 6.45) is 10.6. The van der Waals surface area contributed by atoms with E-state index in [1.54, 1.807) is 0 Å². The number of nitrogens with zero attached hydrogens (tertiary/aromatic N) is 1. The Bertz CT molecular complexity index is 508. The molecule has 6 nitrogen and oxygen atoms in total. The predicted molar refractivity (Wildman–Crippen MR) is 108 cm³/mol. The highest BCUT2D eigenvalue weighted by atomic mass is 35.5. The van der Waals surface area contributed by atoms with Gasteiger partial charge < -0.3 is 10.6 Å². The Morgan fingerprint density at radius 2 is 1.73 bits per heavy atom. The van der Waals surface area contributed by atoms with E-state index in [1.165, 1.54) is 42.8 Å². The number of amides is 1. The van der Waals surface area contributed by atoms with Gasteiger partial charge in [-0.2, -0.15) is 4.31 Å². The van der Waals surface area contributed by atoms with E-state index in [4.69, 9.17) is 0 Å². The van der Waals surface area contributed by atoms with Crippen LogP contribution in [0, 0.1) is 0 Å². The highest BCUT2D eigenvalue weighted by Gasteiger charge is 2.37. The molecule has 154 valence electrons. The molecule has 2 rings (SSSR count). The van der Waals surface area contributed by atoms with Crippen LogP contribution in [-0.4, -0.2) is 56.1 Å². The molecule has 1 amide bonds. The number of hydrogen-bond acceptors (Lipinski definition) is 4. The second-order valence-electron chi connectivity index (χ2n) is 7.37. The molecule has 1 saturated carbocycles. The van der Waals surface area contributed by atoms with Crippen molar-refractivity contribution in [2.75, 3.05) is 25.4 Å². The van der Waals surface area contributed by atoms with Crippen LogP contribution < -0.4 is 10.6 Å². The fourth-order valence-electron chi connectivity index (χ4n) is 3.84. The molecule has 0 spiro atoms. The fraction of sp³-hybridized carbons (Fsp3) is 0.944. The molecule has 2 aliphatic rings. The van der Waals surface area contributed by atoms with E-state index >= 15 is 0 Å². The van der Waals surface area contributed by atoms with Crippen molar-refractivity contribution in [1.29, 1.82) is 0 Å². The van der Waals surface area contributed by atoms with Gasteiger partial charge in [0, 0.05) is 25.7 Å². The molecule has 1 heterocycles.